The van der Waals surface area contributed by atoms with Crippen molar-refractivity contribution < 1.29 is 15.0 Å². The average molecular weight is 246 g/mol. The Bertz CT molecular complexity index is 590. The maximum atomic E-state index is 11.0. The van der Waals surface area contributed by atoms with E-state index in [2.05, 4.69) is 9.97 Å². The zero-order chi connectivity index (χ0) is 13.3. The lowest BCUT2D eigenvalue weighted by atomic mass is 9.98. The molecule has 1 unspecified atom stereocenters. The molecular formula is C13H14N2O3. The largest absolute Gasteiger partial charge is 0.476 e. The molecular weight excluding hydrogens is 232 g/mol. The first kappa shape index (κ1) is 12.3. The summed E-state index contributed by atoms with van der Waals surface area (Å²) >= 11 is 0. The van der Waals surface area contributed by atoms with Crippen molar-refractivity contribution in [3.05, 3.63) is 52.6 Å². The first-order valence-corrected chi connectivity index (χ1v) is 5.52. The summed E-state index contributed by atoms with van der Waals surface area (Å²) in [7, 11) is 0. The maximum absolute atomic E-state index is 11.0. The van der Waals surface area contributed by atoms with Crippen LogP contribution in [0.25, 0.3) is 0 Å². The molecule has 0 saturated heterocycles. The second-order valence-corrected chi connectivity index (χ2v) is 4.23. The van der Waals surface area contributed by atoms with Crippen molar-refractivity contribution in [3.63, 3.8) is 0 Å². The number of rotatable bonds is 3. The number of aliphatic hydroxyl groups is 1. The van der Waals surface area contributed by atoms with E-state index in [4.69, 9.17) is 5.11 Å². The van der Waals surface area contributed by atoms with Gasteiger partial charge in [-0.25, -0.2) is 9.78 Å². The van der Waals surface area contributed by atoms with E-state index in [1.807, 2.05) is 32.0 Å². The van der Waals surface area contributed by atoms with Crippen LogP contribution in [0.3, 0.4) is 0 Å². The number of H-pyrrole nitrogens is 1. The van der Waals surface area contributed by atoms with E-state index in [9.17, 15) is 9.90 Å². The summed E-state index contributed by atoms with van der Waals surface area (Å²) in [5.41, 5.74) is 2.64. The fourth-order valence-corrected chi connectivity index (χ4v) is 1.89. The number of nitrogens with zero attached hydrogens (tertiary/aromatic N) is 1. The number of aromatic carboxylic acids is 1. The van der Waals surface area contributed by atoms with Crippen LogP contribution in [0.2, 0.25) is 0 Å². The third-order valence-electron chi connectivity index (χ3n) is 2.87. The maximum Gasteiger partial charge on any atom is 0.356 e. The zero-order valence-corrected chi connectivity index (χ0v) is 10.1. The van der Waals surface area contributed by atoms with Crippen LogP contribution in [0.15, 0.2) is 24.5 Å². The first-order valence-electron chi connectivity index (χ1n) is 5.52. The molecule has 0 aliphatic heterocycles. The molecule has 0 spiro atoms. The molecule has 1 heterocycles. The van der Waals surface area contributed by atoms with Gasteiger partial charge in [-0.05, 0) is 25.0 Å². The monoisotopic (exact) mass is 246 g/mol. The van der Waals surface area contributed by atoms with E-state index in [1.165, 1.54) is 6.33 Å². The molecule has 0 radical (unpaired) electrons. The van der Waals surface area contributed by atoms with Crippen LogP contribution >= 0.6 is 0 Å². The molecule has 0 bridgehead atoms. The molecule has 3 N–H and O–H groups in total. The van der Waals surface area contributed by atoms with Crippen LogP contribution in [0, 0.1) is 13.8 Å². The van der Waals surface area contributed by atoms with Gasteiger partial charge in [0.2, 0.25) is 0 Å². The summed E-state index contributed by atoms with van der Waals surface area (Å²) in [6, 6.07) is 5.67. The Morgan fingerprint density at radius 3 is 2.78 bits per heavy atom. The smallest absolute Gasteiger partial charge is 0.356 e. The molecule has 0 fully saturated rings. The molecule has 5 nitrogen and oxygen atoms in total. The minimum atomic E-state index is -1.16. The number of aromatic amines is 1. The number of carboxylic acid groups (broad SMARTS) is 1. The molecule has 2 rings (SSSR count). The molecule has 94 valence electrons. The van der Waals surface area contributed by atoms with Crippen LogP contribution in [0.1, 0.15) is 39.0 Å². The van der Waals surface area contributed by atoms with Gasteiger partial charge in [0.05, 0.1) is 12.0 Å². The van der Waals surface area contributed by atoms with Gasteiger partial charge in [-0.2, -0.15) is 0 Å². The van der Waals surface area contributed by atoms with E-state index >= 15 is 0 Å². The van der Waals surface area contributed by atoms with Gasteiger partial charge in [0, 0.05) is 0 Å². The molecule has 1 atom stereocenters. The standard InChI is InChI=1S/C13H14N2O3/c1-7-3-4-8(2)9(5-7)12(16)10-11(13(17)18)15-6-14-10/h3-6,12,16H,1-2H3,(H,14,15)(H,17,18). The van der Waals surface area contributed by atoms with Gasteiger partial charge in [0.15, 0.2) is 5.69 Å². The van der Waals surface area contributed by atoms with Gasteiger partial charge in [-0.1, -0.05) is 23.8 Å². The number of hydrogen-bond acceptors (Lipinski definition) is 3. The van der Waals surface area contributed by atoms with E-state index in [0.29, 0.717) is 5.56 Å². The van der Waals surface area contributed by atoms with Crippen LogP contribution in [-0.2, 0) is 0 Å². The Balaban J connectivity index is 2.47. The third kappa shape index (κ3) is 2.12. The van der Waals surface area contributed by atoms with Gasteiger partial charge < -0.3 is 15.2 Å². The van der Waals surface area contributed by atoms with Gasteiger partial charge in [0.25, 0.3) is 0 Å². The Kier molecular flexibility index (Phi) is 3.16. The second-order valence-electron chi connectivity index (χ2n) is 4.23. The van der Waals surface area contributed by atoms with Crippen molar-refractivity contribution in [2.75, 3.05) is 0 Å². The minimum Gasteiger partial charge on any atom is -0.476 e. The second kappa shape index (κ2) is 4.62. The lowest BCUT2D eigenvalue weighted by Crippen LogP contribution is -2.09. The summed E-state index contributed by atoms with van der Waals surface area (Å²) < 4.78 is 0. The SMILES string of the molecule is Cc1ccc(C)c(C(O)c2[nH]cnc2C(=O)O)c1. The highest BCUT2D eigenvalue weighted by Gasteiger charge is 2.22. The highest BCUT2D eigenvalue weighted by Crippen LogP contribution is 2.26. The highest BCUT2D eigenvalue weighted by molar-refractivity contribution is 5.86. The quantitative estimate of drug-likeness (QED) is 0.770. The lowest BCUT2D eigenvalue weighted by Gasteiger charge is -2.13. The van der Waals surface area contributed by atoms with Crippen molar-refractivity contribution in [3.8, 4) is 0 Å². The number of carbonyl (C=O) groups is 1. The van der Waals surface area contributed by atoms with Crippen molar-refractivity contribution in [1.29, 1.82) is 0 Å². The fourth-order valence-electron chi connectivity index (χ4n) is 1.89. The molecule has 1 aromatic carbocycles. The number of aliphatic hydroxyl groups excluding tert-OH is 1. The first-order chi connectivity index (χ1) is 8.50. The van der Waals surface area contributed by atoms with Gasteiger partial charge in [-0.15, -0.1) is 0 Å². The average Bonchev–Trinajstić information content (AvgIpc) is 2.80. The topological polar surface area (TPSA) is 86.2 Å². The molecule has 5 heteroatoms. The Morgan fingerprint density at radius 2 is 2.11 bits per heavy atom. The molecule has 0 aliphatic carbocycles. The van der Waals surface area contributed by atoms with Crippen LogP contribution < -0.4 is 0 Å². The van der Waals surface area contributed by atoms with Crippen molar-refractivity contribution in [1.82, 2.24) is 9.97 Å². The molecule has 18 heavy (non-hydrogen) atoms. The Labute approximate surface area is 104 Å². The molecule has 0 amide bonds. The summed E-state index contributed by atoms with van der Waals surface area (Å²) in [6.45, 7) is 3.79. The normalized spacial score (nSPS) is 12.4. The fraction of sp³-hybridized carbons (Fsp3) is 0.231. The van der Waals surface area contributed by atoms with Crippen molar-refractivity contribution >= 4 is 5.97 Å². The molecule has 0 aliphatic rings. The summed E-state index contributed by atoms with van der Waals surface area (Å²) in [5, 5.41) is 19.3. The summed E-state index contributed by atoms with van der Waals surface area (Å²) in [4.78, 5) is 17.4. The highest BCUT2D eigenvalue weighted by atomic mass is 16.4. The van der Waals surface area contributed by atoms with Crippen LogP contribution in [-0.4, -0.2) is 26.2 Å². The molecule has 0 saturated carbocycles. The zero-order valence-electron chi connectivity index (χ0n) is 10.1. The van der Waals surface area contributed by atoms with E-state index in [-0.39, 0.29) is 11.4 Å². The number of aromatic nitrogens is 2. The van der Waals surface area contributed by atoms with E-state index in [0.717, 1.165) is 11.1 Å². The third-order valence-corrected chi connectivity index (χ3v) is 2.87. The lowest BCUT2D eigenvalue weighted by molar-refractivity contribution is 0.0685. The minimum absolute atomic E-state index is 0.150. The number of carboxylic acids is 1. The Morgan fingerprint density at radius 1 is 1.39 bits per heavy atom. The van der Waals surface area contributed by atoms with Crippen LogP contribution in [0.5, 0.6) is 0 Å². The van der Waals surface area contributed by atoms with Gasteiger partial charge in [-0.3, -0.25) is 0 Å². The number of imidazole rings is 1. The van der Waals surface area contributed by atoms with E-state index in [1.54, 1.807) is 0 Å². The number of benzene rings is 1. The summed E-state index contributed by atoms with van der Waals surface area (Å²) in [6.07, 6.45) is 0.256. The predicted octanol–water partition coefficient (Wildman–Crippen LogP) is 1.81. The van der Waals surface area contributed by atoms with Crippen LogP contribution in [0.4, 0.5) is 0 Å². The van der Waals surface area contributed by atoms with Gasteiger partial charge >= 0.3 is 5.97 Å². The Hall–Kier alpha value is -2.14. The van der Waals surface area contributed by atoms with Gasteiger partial charge in [0.1, 0.15) is 6.10 Å². The summed E-state index contributed by atoms with van der Waals surface area (Å²) in [5.74, 6) is -1.16. The number of nitrogens with one attached hydrogen (secondary N) is 1. The van der Waals surface area contributed by atoms with Crippen molar-refractivity contribution in [2.45, 2.75) is 20.0 Å². The number of hydrogen-bond donors (Lipinski definition) is 3. The predicted molar refractivity (Wildman–Crippen MR) is 65.5 cm³/mol. The molecule has 2 aromatic rings. The molecule has 1 aromatic heterocycles. The van der Waals surface area contributed by atoms with Crippen molar-refractivity contribution in [2.24, 2.45) is 0 Å². The number of aryl methyl sites for hydroxylation is 2. The van der Waals surface area contributed by atoms with E-state index < -0.39 is 12.1 Å².